The third-order valence-electron chi connectivity index (χ3n) is 7.17. The van der Waals surface area contributed by atoms with E-state index in [1.165, 1.54) is 17.7 Å². The largest absolute Gasteiger partial charge is 0.341 e. The zero-order valence-corrected chi connectivity index (χ0v) is 15.9. The summed E-state index contributed by atoms with van der Waals surface area (Å²) in [6.45, 7) is -0.125. The van der Waals surface area contributed by atoms with Gasteiger partial charge in [0.25, 0.3) is 5.91 Å². The lowest BCUT2D eigenvalue weighted by atomic mass is 9.81. The lowest BCUT2D eigenvalue weighted by Crippen LogP contribution is -2.52. The van der Waals surface area contributed by atoms with Gasteiger partial charge in [0.1, 0.15) is 12.1 Å². The van der Waals surface area contributed by atoms with Gasteiger partial charge in [-0.05, 0) is 38.5 Å². The number of urea groups is 1. The van der Waals surface area contributed by atoms with Gasteiger partial charge >= 0.3 is 6.03 Å². The first kappa shape index (κ1) is 17.8. The minimum Gasteiger partial charge on any atom is -0.341 e. The number of carbonyl (C=O) groups is 3. The lowest BCUT2D eigenvalue weighted by Gasteiger charge is -2.36. The first-order chi connectivity index (χ1) is 12.4. The quantitative estimate of drug-likeness (QED) is 0.769. The molecule has 3 heterocycles. The van der Waals surface area contributed by atoms with Gasteiger partial charge in [-0.25, -0.2) is 4.79 Å². The number of hydrogen-bond donors (Lipinski definition) is 1. The molecule has 2 atom stereocenters. The average molecular weight is 362 g/mol. The average Bonchev–Trinajstić information content (AvgIpc) is 3.07. The Morgan fingerprint density at radius 2 is 1.77 bits per heavy atom. The van der Waals surface area contributed by atoms with E-state index in [4.69, 9.17) is 0 Å². The third-order valence-corrected chi connectivity index (χ3v) is 7.17. The number of likely N-dealkylation sites (N-methyl/N-ethyl adjacent to an activating group) is 2. The van der Waals surface area contributed by atoms with Crippen molar-refractivity contribution in [3.8, 4) is 0 Å². The predicted molar refractivity (Wildman–Crippen MR) is 96.4 cm³/mol. The highest BCUT2D eigenvalue weighted by Gasteiger charge is 2.56. The molecule has 4 aliphatic rings. The molecule has 3 aliphatic heterocycles. The Kier molecular flexibility index (Phi) is 4.45. The van der Waals surface area contributed by atoms with Crippen molar-refractivity contribution in [2.45, 2.75) is 81.5 Å². The van der Waals surface area contributed by atoms with E-state index >= 15 is 0 Å². The van der Waals surface area contributed by atoms with Gasteiger partial charge in [-0.1, -0.05) is 19.3 Å². The van der Waals surface area contributed by atoms with Gasteiger partial charge in [0.2, 0.25) is 5.91 Å². The predicted octanol–water partition coefficient (Wildman–Crippen LogP) is 1.32. The fourth-order valence-electron chi connectivity index (χ4n) is 5.46. The molecule has 1 saturated carbocycles. The van der Waals surface area contributed by atoms with Gasteiger partial charge < -0.3 is 15.1 Å². The zero-order valence-electron chi connectivity index (χ0n) is 15.9. The van der Waals surface area contributed by atoms with E-state index < -0.39 is 5.54 Å². The van der Waals surface area contributed by atoms with Crippen LogP contribution in [0.25, 0.3) is 0 Å². The van der Waals surface area contributed by atoms with Crippen LogP contribution in [0.4, 0.5) is 4.79 Å². The van der Waals surface area contributed by atoms with Crippen LogP contribution in [0.2, 0.25) is 0 Å². The van der Waals surface area contributed by atoms with Gasteiger partial charge in [-0.3, -0.25) is 14.5 Å². The molecule has 0 aromatic carbocycles. The number of nitrogens with zero attached hydrogens (tertiary/aromatic N) is 3. The summed E-state index contributed by atoms with van der Waals surface area (Å²) < 4.78 is 0. The molecule has 4 fully saturated rings. The molecule has 1 spiro atoms. The Morgan fingerprint density at radius 3 is 2.38 bits per heavy atom. The normalized spacial score (nSPS) is 33.2. The summed E-state index contributed by atoms with van der Waals surface area (Å²) >= 11 is 0. The molecule has 4 amide bonds. The smallest absolute Gasteiger partial charge is 0.327 e. The Bertz CT molecular complexity index is 604. The van der Waals surface area contributed by atoms with Crippen LogP contribution in [0.3, 0.4) is 0 Å². The summed E-state index contributed by atoms with van der Waals surface area (Å²) in [5.41, 5.74) is -0.706. The number of piperidine rings is 1. The van der Waals surface area contributed by atoms with E-state index in [0.29, 0.717) is 24.9 Å². The second-order valence-corrected chi connectivity index (χ2v) is 8.59. The molecule has 0 aromatic heterocycles. The number of hydrogen-bond acceptors (Lipinski definition) is 4. The number of carbonyl (C=O) groups excluding carboxylic acids is 3. The maximum absolute atomic E-state index is 13.0. The van der Waals surface area contributed by atoms with Crippen molar-refractivity contribution in [3.63, 3.8) is 0 Å². The highest BCUT2D eigenvalue weighted by Crippen LogP contribution is 2.39. The van der Waals surface area contributed by atoms with Crippen LogP contribution < -0.4 is 5.32 Å². The van der Waals surface area contributed by atoms with Gasteiger partial charge in [0.15, 0.2) is 0 Å². The van der Waals surface area contributed by atoms with Crippen LogP contribution in [0, 0.1) is 0 Å². The molecule has 0 aromatic rings. The van der Waals surface area contributed by atoms with Crippen molar-refractivity contribution in [2.24, 2.45) is 0 Å². The van der Waals surface area contributed by atoms with Crippen molar-refractivity contribution in [1.29, 1.82) is 0 Å². The first-order valence-electron chi connectivity index (χ1n) is 10.0. The fraction of sp³-hybridized carbons (Fsp3) is 0.842. The highest BCUT2D eigenvalue weighted by molar-refractivity contribution is 6.08. The van der Waals surface area contributed by atoms with E-state index in [1.54, 1.807) is 16.8 Å². The monoisotopic (exact) mass is 362 g/mol. The molecule has 2 bridgehead atoms. The number of nitrogens with one attached hydrogen (secondary N) is 1. The molecular formula is C19H30N4O3. The molecule has 2 unspecified atom stereocenters. The number of imide groups is 1. The van der Waals surface area contributed by atoms with E-state index in [9.17, 15) is 14.4 Å². The third kappa shape index (κ3) is 2.71. The molecule has 7 nitrogen and oxygen atoms in total. The Labute approximate surface area is 155 Å². The minimum atomic E-state index is -0.706. The summed E-state index contributed by atoms with van der Waals surface area (Å²) in [4.78, 5) is 43.1. The van der Waals surface area contributed by atoms with Gasteiger partial charge in [-0.15, -0.1) is 0 Å². The van der Waals surface area contributed by atoms with Crippen molar-refractivity contribution in [1.82, 2.24) is 20.0 Å². The zero-order chi connectivity index (χ0) is 18.5. The van der Waals surface area contributed by atoms with E-state index in [1.807, 2.05) is 7.05 Å². The van der Waals surface area contributed by atoms with Crippen molar-refractivity contribution in [2.75, 3.05) is 20.6 Å². The van der Waals surface area contributed by atoms with Crippen molar-refractivity contribution < 1.29 is 14.4 Å². The maximum Gasteiger partial charge on any atom is 0.327 e. The summed E-state index contributed by atoms with van der Waals surface area (Å²) in [5.74, 6) is -0.295. The summed E-state index contributed by atoms with van der Waals surface area (Å²) in [6.07, 6.45) is 8.75. The summed E-state index contributed by atoms with van der Waals surface area (Å²) in [7, 11) is 3.53. The summed E-state index contributed by atoms with van der Waals surface area (Å²) in [5, 5.41) is 3.58. The molecule has 0 radical (unpaired) electrons. The van der Waals surface area contributed by atoms with Gasteiger partial charge in [0, 0.05) is 32.2 Å². The fourth-order valence-corrected chi connectivity index (χ4v) is 5.46. The van der Waals surface area contributed by atoms with Crippen molar-refractivity contribution in [3.05, 3.63) is 0 Å². The Balaban J connectivity index is 1.43. The number of rotatable bonds is 3. The SMILES string of the molecule is CN(C(=O)CN1C(=O)N(C)C2(CCCCC2)C1=O)C1CC2CCC(C1)N2. The molecule has 26 heavy (non-hydrogen) atoms. The van der Waals surface area contributed by atoms with Crippen LogP contribution in [0.5, 0.6) is 0 Å². The van der Waals surface area contributed by atoms with Gasteiger partial charge in [-0.2, -0.15) is 0 Å². The Morgan fingerprint density at radius 1 is 1.15 bits per heavy atom. The molecule has 144 valence electrons. The van der Waals surface area contributed by atoms with Gasteiger partial charge in [0.05, 0.1) is 0 Å². The van der Waals surface area contributed by atoms with Crippen molar-refractivity contribution >= 4 is 17.8 Å². The van der Waals surface area contributed by atoms with Crippen LogP contribution >= 0.6 is 0 Å². The minimum absolute atomic E-state index is 0.125. The van der Waals surface area contributed by atoms with Crippen LogP contribution in [0.15, 0.2) is 0 Å². The highest BCUT2D eigenvalue weighted by atomic mass is 16.2. The molecule has 1 N–H and O–H groups in total. The van der Waals surface area contributed by atoms with Crippen LogP contribution in [-0.2, 0) is 9.59 Å². The van der Waals surface area contributed by atoms with E-state index in [-0.39, 0.29) is 30.4 Å². The lowest BCUT2D eigenvalue weighted by molar-refractivity contribution is -0.141. The topological polar surface area (TPSA) is 73.0 Å². The molecular weight excluding hydrogens is 332 g/mol. The first-order valence-corrected chi connectivity index (χ1v) is 10.0. The molecule has 3 saturated heterocycles. The molecule has 4 rings (SSSR count). The standard InChI is InChI=1S/C19H30N4O3/c1-21(15-10-13-6-7-14(11-15)20-13)16(24)12-23-17(25)19(22(2)18(23)26)8-4-3-5-9-19/h13-15,20H,3-12H2,1-2H3. The second-order valence-electron chi connectivity index (χ2n) is 8.59. The molecule has 7 heteroatoms. The second kappa shape index (κ2) is 6.51. The maximum atomic E-state index is 13.0. The van der Waals surface area contributed by atoms with E-state index in [2.05, 4.69) is 5.32 Å². The van der Waals surface area contributed by atoms with Crippen LogP contribution in [0.1, 0.15) is 57.8 Å². The van der Waals surface area contributed by atoms with E-state index in [0.717, 1.165) is 32.1 Å². The molecule has 1 aliphatic carbocycles. The number of fused-ring (bicyclic) bond motifs is 2. The Hall–Kier alpha value is -1.63. The summed E-state index contributed by atoms with van der Waals surface area (Å²) in [6, 6.07) is 0.890. The number of amides is 4. The van der Waals surface area contributed by atoms with Crippen LogP contribution in [-0.4, -0.2) is 76.8 Å².